The van der Waals surface area contributed by atoms with Gasteiger partial charge in [-0.3, -0.25) is 19.5 Å². The molecule has 1 aromatic heterocycles. The van der Waals surface area contributed by atoms with Crippen molar-refractivity contribution >= 4 is 11.8 Å². The van der Waals surface area contributed by atoms with E-state index in [0.29, 0.717) is 44.9 Å². The molecule has 0 unspecified atom stereocenters. The molecule has 1 atom stereocenters. The van der Waals surface area contributed by atoms with Crippen LogP contribution in [-0.4, -0.2) is 90.5 Å². The van der Waals surface area contributed by atoms with Crippen molar-refractivity contribution in [3.8, 4) is 0 Å². The highest BCUT2D eigenvalue weighted by molar-refractivity contribution is 5.92. The van der Waals surface area contributed by atoms with Crippen LogP contribution in [0.25, 0.3) is 0 Å². The standard InChI is InChI=1S/C19H28N4O3/c1-21-11-12-23(18(25)16-5-3-4-9-20-16)15-19(21)7-6-17(24)22(10-8-19)13-14-26-2/h3-5,9H,6-8,10-15H2,1-2H3/t19-/m0/s1. The minimum absolute atomic E-state index is 0.0233. The maximum Gasteiger partial charge on any atom is 0.272 e. The van der Waals surface area contributed by atoms with Crippen molar-refractivity contribution in [1.82, 2.24) is 19.7 Å². The Bertz CT molecular complexity index is 639. The van der Waals surface area contributed by atoms with E-state index in [2.05, 4.69) is 16.9 Å². The predicted molar refractivity (Wildman–Crippen MR) is 97.8 cm³/mol. The van der Waals surface area contributed by atoms with E-state index in [1.807, 2.05) is 21.9 Å². The van der Waals surface area contributed by atoms with Gasteiger partial charge in [0, 0.05) is 58.0 Å². The lowest BCUT2D eigenvalue weighted by Gasteiger charge is -2.49. The zero-order valence-electron chi connectivity index (χ0n) is 15.7. The first-order valence-electron chi connectivity index (χ1n) is 9.24. The van der Waals surface area contributed by atoms with E-state index in [-0.39, 0.29) is 17.4 Å². The molecule has 2 fully saturated rings. The highest BCUT2D eigenvalue weighted by Crippen LogP contribution is 2.32. The monoisotopic (exact) mass is 360 g/mol. The highest BCUT2D eigenvalue weighted by Gasteiger charge is 2.43. The third-order valence-electron chi connectivity index (χ3n) is 5.74. The number of pyridine rings is 1. The smallest absolute Gasteiger partial charge is 0.272 e. The number of carbonyl (C=O) groups excluding carboxylic acids is 2. The number of rotatable bonds is 4. The van der Waals surface area contributed by atoms with Crippen molar-refractivity contribution in [3.05, 3.63) is 30.1 Å². The summed E-state index contributed by atoms with van der Waals surface area (Å²) in [6.45, 7) is 4.03. The van der Waals surface area contributed by atoms with Gasteiger partial charge in [-0.15, -0.1) is 0 Å². The first-order chi connectivity index (χ1) is 12.6. The minimum atomic E-state index is -0.153. The van der Waals surface area contributed by atoms with Crippen LogP contribution >= 0.6 is 0 Å². The second-order valence-electron chi connectivity index (χ2n) is 7.21. The molecule has 3 heterocycles. The van der Waals surface area contributed by atoms with Gasteiger partial charge >= 0.3 is 0 Å². The fraction of sp³-hybridized carbons (Fsp3) is 0.632. The molecule has 2 aliphatic rings. The van der Waals surface area contributed by atoms with Gasteiger partial charge in [0.05, 0.1) is 6.61 Å². The van der Waals surface area contributed by atoms with Crippen LogP contribution in [0.4, 0.5) is 0 Å². The van der Waals surface area contributed by atoms with Gasteiger partial charge in [-0.25, -0.2) is 0 Å². The molecule has 0 N–H and O–H groups in total. The second-order valence-corrected chi connectivity index (χ2v) is 7.21. The van der Waals surface area contributed by atoms with Crippen LogP contribution in [0.2, 0.25) is 0 Å². The molecule has 2 aliphatic heterocycles. The van der Waals surface area contributed by atoms with Gasteiger partial charge in [-0.2, -0.15) is 0 Å². The van der Waals surface area contributed by atoms with Gasteiger partial charge in [0.1, 0.15) is 5.69 Å². The number of carbonyl (C=O) groups is 2. The Hall–Kier alpha value is -1.99. The molecule has 1 aromatic rings. The van der Waals surface area contributed by atoms with Crippen molar-refractivity contribution in [2.24, 2.45) is 0 Å². The van der Waals surface area contributed by atoms with Gasteiger partial charge in [-0.05, 0) is 32.0 Å². The van der Waals surface area contributed by atoms with E-state index in [4.69, 9.17) is 4.74 Å². The lowest BCUT2D eigenvalue weighted by molar-refractivity contribution is -0.131. The Balaban J connectivity index is 1.73. The summed E-state index contributed by atoms with van der Waals surface area (Å²) in [6, 6.07) is 5.41. The number of hydrogen-bond acceptors (Lipinski definition) is 5. The van der Waals surface area contributed by atoms with Crippen LogP contribution in [0.3, 0.4) is 0 Å². The number of hydrogen-bond donors (Lipinski definition) is 0. The van der Waals surface area contributed by atoms with Crippen LogP contribution in [0.5, 0.6) is 0 Å². The number of methoxy groups -OCH3 is 1. The van der Waals surface area contributed by atoms with Gasteiger partial charge in [0.15, 0.2) is 0 Å². The van der Waals surface area contributed by atoms with Crippen molar-refractivity contribution < 1.29 is 14.3 Å². The molecule has 2 saturated heterocycles. The van der Waals surface area contributed by atoms with Crippen LogP contribution in [-0.2, 0) is 9.53 Å². The molecule has 0 aliphatic carbocycles. The third-order valence-corrected chi connectivity index (χ3v) is 5.74. The number of aromatic nitrogens is 1. The summed E-state index contributed by atoms with van der Waals surface area (Å²) in [5, 5.41) is 0. The summed E-state index contributed by atoms with van der Waals surface area (Å²) in [4.78, 5) is 35.6. The zero-order chi connectivity index (χ0) is 18.6. The van der Waals surface area contributed by atoms with Crippen molar-refractivity contribution in [2.45, 2.75) is 24.8 Å². The van der Waals surface area contributed by atoms with Gasteiger partial charge < -0.3 is 14.5 Å². The number of nitrogens with zero attached hydrogens (tertiary/aromatic N) is 4. The number of piperazine rings is 1. The maximum absolute atomic E-state index is 12.8. The van der Waals surface area contributed by atoms with E-state index >= 15 is 0 Å². The Morgan fingerprint density at radius 1 is 1.27 bits per heavy atom. The molecule has 2 amide bonds. The van der Waals surface area contributed by atoms with Crippen molar-refractivity contribution in [1.29, 1.82) is 0 Å². The van der Waals surface area contributed by atoms with Crippen molar-refractivity contribution in [2.75, 3.05) is 53.5 Å². The fourth-order valence-corrected chi connectivity index (χ4v) is 3.96. The molecule has 26 heavy (non-hydrogen) atoms. The molecular formula is C19H28N4O3. The number of likely N-dealkylation sites (tertiary alicyclic amines) is 1. The molecule has 1 spiro atoms. The summed E-state index contributed by atoms with van der Waals surface area (Å²) >= 11 is 0. The lowest BCUT2D eigenvalue weighted by atomic mass is 9.86. The zero-order valence-corrected chi connectivity index (χ0v) is 15.7. The largest absolute Gasteiger partial charge is 0.383 e. The molecule has 0 saturated carbocycles. The van der Waals surface area contributed by atoms with Gasteiger partial charge in [0.2, 0.25) is 5.91 Å². The quantitative estimate of drug-likeness (QED) is 0.797. The average Bonchev–Trinajstić information content (AvgIpc) is 2.83. The molecule has 0 aromatic carbocycles. The molecule has 142 valence electrons. The van der Waals surface area contributed by atoms with E-state index in [9.17, 15) is 9.59 Å². The number of ether oxygens (including phenoxy) is 1. The van der Waals surface area contributed by atoms with E-state index in [0.717, 1.165) is 19.4 Å². The number of likely N-dealkylation sites (N-methyl/N-ethyl adjacent to an activating group) is 1. The summed E-state index contributed by atoms with van der Waals surface area (Å²) in [5.41, 5.74) is 0.332. The average molecular weight is 360 g/mol. The van der Waals surface area contributed by atoms with Crippen LogP contribution < -0.4 is 0 Å². The highest BCUT2D eigenvalue weighted by atomic mass is 16.5. The molecule has 0 bridgehead atoms. The predicted octanol–water partition coefficient (Wildman–Crippen LogP) is 0.867. The summed E-state index contributed by atoms with van der Waals surface area (Å²) in [7, 11) is 3.76. The third kappa shape index (κ3) is 3.88. The lowest BCUT2D eigenvalue weighted by Crippen LogP contribution is -2.62. The van der Waals surface area contributed by atoms with Gasteiger partial charge in [-0.1, -0.05) is 6.07 Å². The Labute approximate surface area is 154 Å². The molecular weight excluding hydrogens is 332 g/mol. The fourth-order valence-electron chi connectivity index (χ4n) is 3.96. The molecule has 3 rings (SSSR count). The minimum Gasteiger partial charge on any atom is -0.383 e. The van der Waals surface area contributed by atoms with E-state index < -0.39 is 0 Å². The van der Waals surface area contributed by atoms with Crippen LogP contribution in [0.15, 0.2) is 24.4 Å². The normalized spacial score (nSPS) is 24.8. The number of amides is 2. The maximum atomic E-state index is 12.8. The van der Waals surface area contributed by atoms with E-state index in [1.54, 1.807) is 19.4 Å². The van der Waals surface area contributed by atoms with Crippen molar-refractivity contribution in [3.63, 3.8) is 0 Å². The Kier molecular flexibility index (Phi) is 5.88. The second kappa shape index (κ2) is 8.14. The molecule has 7 heteroatoms. The first-order valence-corrected chi connectivity index (χ1v) is 9.24. The molecule has 0 radical (unpaired) electrons. The van der Waals surface area contributed by atoms with E-state index in [1.165, 1.54) is 0 Å². The Morgan fingerprint density at radius 2 is 2.12 bits per heavy atom. The van der Waals surface area contributed by atoms with Gasteiger partial charge in [0.25, 0.3) is 5.91 Å². The first kappa shape index (κ1) is 18.8. The molecule has 7 nitrogen and oxygen atoms in total. The van der Waals surface area contributed by atoms with Crippen LogP contribution in [0, 0.1) is 0 Å². The van der Waals surface area contributed by atoms with Crippen LogP contribution in [0.1, 0.15) is 29.8 Å². The summed E-state index contributed by atoms with van der Waals surface area (Å²) in [6.07, 6.45) is 3.81. The summed E-state index contributed by atoms with van der Waals surface area (Å²) in [5.74, 6) is 0.158. The topological polar surface area (TPSA) is 66.0 Å². The SMILES string of the molecule is COCCN1CC[C@@]2(CCC1=O)CN(C(=O)c1ccccn1)CCN2C. The Morgan fingerprint density at radius 3 is 2.85 bits per heavy atom. The summed E-state index contributed by atoms with van der Waals surface area (Å²) < 4.78 is 5.13.